The van der Waals surface area contributed by atoms with Crippen LogP contribution in [0.1, 0.15) is 11.1 Å². The average molecular weight is 702 g/mol. The fourth-order valence-electron chi connectivity index (χ4n) is 8.91. The minimum absolute atomic E-state index is 0.675. The van der Waals surface area contributed by atoms with E-state index in [1.54, 1.807) is 0 Å². The van der Waals surface area contributed by atoms with Crippen LogP contribution in [0.4, 0.5) is 0 Å². The van der Waals surface area contributed by atoms with E-state index in [1.165, 1.54) is 49.3 Å². The zero-order chi connectivity index (χ0) is 36.0. The van der Waals surface area contributed by atoms with Crippen LogP contribution in [0.2, 0.25) is 0 Å². The Hall–Kier alpha value is -7.30. The van der Waals surface area contributed by atoms with E-state index in [0.29, 0.717) is 12.2 Å². The van der Waals surface area contributed by atoms with Gasteiger partial charge < -0.3 is 8.98 Å². The molecule has 11 aromatic rings. The summed E-state index contributed by atoms with van der Waals surface area (Å²) in [6.07, 6.45) is 0.678. The number of para-hydroxylation sites is 1. The lowest BCUT2D eigenvalue weighted by Gasteiger charge is -2.20. The number of hydrogen-bond donors (Lipinski definition) is 0. The number of aromatic nitrogens is 3. The van der Waals surface area contributed by atoms with Crippen molar-refractivity contribution in [1.82, 2.24) is 14.5 Å². The fourth-order valence-corrected chi connectivity index (χ4v) is 8.91. The molecule has 1 aliphatic rings. The Balaban J connectivity index is 1.24. The van der Waals surface area contributed by atoms with Gasteiger partial charge in [0.15, 0.2) is 5.82 Å². The normalized spacial score (nSPS) is 12.3. The average Bonchev–Trinajstić information content (AvgIpc) is 3.79. The van der Waals surface area contributed by atoms with Crippen LogP contribution in [0.3, 0.4) is 0 Å². The van der Waals surface area contributed by atoms with Gasteiger partial charge in [-0.25, -0.2) is 9.97 Å². The van der Waals surface area contributed by atoms with Crippen molar-refractivity contribution in [2.75, 3.05) is 0 Å². The Morgan fingerprint density at radius 2 is 1.15 bits per heavy atom. The van der Waals surface area contributed by atoms with Crippen LogP contribution in [0.15, 0.2) is 180 Å². The zero-order valence-corrected chi connectivity index (χ0v) is 29.7. The minimum Gasteiger partial charge on any atom is -0.456 e. The molecule has 12 rings (SSSR count). The lowest BCUT2D eigenvalue weighted by Crippen LogP contribution is -2.06. The van der Waals surface area contributed by atoms with E-state index in [9.17, 15) is 0 Å². The summed E-state index contributed by atoms with van der Waals surface area (Å²) in [5.74, 6) is 0.675. The van der Waals surface area contributed by atoms with Gasteiger partial charge in [-0.3, -0.25) is 0 Å². The first-order valence-corrected chi connectivity index (χ1v) is 18.8. The van der Waals surface area contributed by atoms with Crippen LogP contribution in [-0.4, -0.2) is 14.5 Å². The maximum absolute atomic E-state index is 6.37. The molecular formula is C51H31N3O. The van der Waals surface area contributed by atoms with E-state index in [2.05, 4.69) is 156 Å². The van der Waals surface area contributed by atoms with Gasteiger partial charge in [-0.2, -0.15) is 0 Å². The van der Waals surface area contributed by atoms with Crippen LogP contribution >= 0.6 is 0 Å². The molecule has 4 heteroatoms. The number of nitrogens with zero attached hydrogens (tertiary/aromatic N) is 3. The molecule has 0 amide bonds. The monoisotopic (exact) mass is 701 g/mol. The number of benzene rings is 8. The number of fused-ring (bicyclic) bond motifs is 13. The molecule has 4 heterocycles. The highest BCUT2D eigenvalue weighted by Gasteiger charge is 2.27. The Labute approximate surface area is 316 Å². The van der Waals surface area contributed by atoms with Gasteiger partial charge in [0.1, 0.15) is 11.2 Å². The van der Waals surface area contributed by atoms with Gasteiger partial charge in [-0.1, -0.05) is 152 Å². The van der Waals surface area contributed by atoms with Crippen LogP contribution in [0.5, 0.6) is 0 Å². The Bertz CT molecular complexity index is 3340. The Morgan fingerprint density at radius 3 is 2.00 bits per heavy atom. The number of furan rings is 1. The summed E-state index contributed by atoms with van der Waals surface area (Å²) in [6, 6.07) is 62.9. The molecule has 0 N–H and O–H groups in total. The molecule has 0 unspecified atom stereocenters. The van der Waals surface area contributed by atoms with Crippen molar-refractivity contribution in [2.45, 2.75) is 6.42 Å². The van der Waals surface area contributed by atoms with Gasteiger partial charge in [0.2, 0.25) is 0 Å². The smallest absolute Gasteiger partial charge is 0.161 e. The number of rotatable bonds is 3. The van der Waals surface area contributed by atoms with Gasteiger partial charge in [0.25, 0.3) is 0 Å². The second-order valence-electron chi connectivity index (χ2n) is 14.5. The lowest BCUT2D eigenvalue weighted by molar-refractivity contribution is 0.669. The molecule has 0 saturated carbocycles. The highest BCUT2D eigenvalue weighted by molar-refractivity contribution is 6.14. The fraction of sp³-hybridized carbons (Fsp3) is 0.0196. The molecule has 0 radical (unpaired) electrons. The largest absolute Gasteiger partial charge is 0.456 e. The third kappa shape index (κ3) is 4.52. The van der Waals surface area contributed by atoms with E-state index in [-0.39, 0.29) is 0 Å². The molecule has 4 nitrogen and oxygen atoms in total. The zero-order valence-electron chi connectivity index (χ0n) is 29.7. The van der Waals surface area contributed by atoms with Crippen LogP contribution in [-0.2, 0) is 6.42 Å². The van der Waals surface area contributed by atoms with Gasteiger partial charge in [0.05, 0.1) is 28.1 Å². The molecular weight excluding hydrogens is 671 g/mol. The first kappa shape index (κ1) is 30.2. The van der Waals surface area contributed by atoms with Crippen molar-refractivity contribution < 1.29 is 4.42 Å². The van der Waals surface area contributed by atoms with Gasteiger partial charge >= 0.3 is 0 Å². The summed E-state index contributed by atoms with van der Waals surface area (Å²) >= 11 is 0. The molecule has 2 bridgehead atoms. The predicted molar refractivity (Wildman–Crippen MR) is 226 cm³/mol. The lowest BCUT2D eigenvalue weighted by atomic mass is 9.92. The van der Waals surface area contributed by atoms with Crippen LogP contribution < -0.4 is 0 Å². The first-order chi connectivity index (χ1) is 27.3. The summed E-state index contributed by atoms with van der Waals surface area (Å²) in [6.45, 7) is 0. The Kier molecular flexibility index (Phi) is 6.37. The third-order valence-electron chi connectivity index (χ3n) is 11.4. The summed E-state index contributed by atoms with van der Waals surface area (Å²) in [7, 11) is 0. The molecule has 0 saturated heterocycles. The second-order valence-corrected chi connectivity index (χ2v) is 14.5. The van der Waals surface area contributed by atoms with Crippen molar-refractivity contribution in [3.05, 3.63) is 187 Å². The summed E-state index contributed by atoms with van der Waals surface area (Å²) in [5, 5.41) is 6.90. The molecule has 3 aromatic heterocycles. The van der Waals surface area contributed by atoms with Crippen LogP contribution in [0.25, 0.3) is 105 Å². The highest BCUT2D eigenvalue weighted by atomic mass is 16.3. The molecule has 1 aliphatic heterocycles. The maximum Gasteiger partial charge on any atom is 0.161 e. The number of hydrogen-bond acceptors (Lipinski definition) is 3. The second kappa shape index (κ2) is 11.6. The van der Waals surface area contributed by atoms with Crippen molar-refractivity contribution >= 4 is 54.5 Å². The van der Waals surface area contributed by atoms with Gasteiger partial charge in [-0.05, 0) is 46.3 Å². The topological polar surface area (TPSA) is 43.9 Å². The summed E-state index contributed by atoms with van der Waals surface area (Å²) in [4.78, 5) is 11.2. The predicted octanol–water partition coefficient (Wildman–Crippen LogP) is 13.2. The minimum atomic E-state index is 0.675. The molecule has 0 atom stereocenters. The summed E-state index contributed by atoms with van der Waals surface area (Å²) < 4.78 is 8.87. The van der Waals surface area contributed by atoms with E-state index in [4.69, 9.17) is 14.4 Å². The van der Waals surface area contributed by atoms with Crippen molar-refractivity contribution in [1.29, 1.82) is 0 Å². The van der Waals surface area contributed by atoms with Crippen LogP contribution in [0, 0.1) is 0 Å². The van der Waals surface area contributed by atoms with E-state index >= 15 is 0 Å². The molecule has 0 aliphatic carbocycles. The first-order valence-electron chi connectivity index (χ1n) is 18.8. The standard InChI is InChI=1S/C51H31N3O/c1-3-12-32(13-4-1)35-24-26-38-37-25-22-31-28-42-48(34-15-5-2-6-16-34)52-51(40-19-11-21-46-47(40)39-18-9-10-20-45(39)55-46)53-49(42)41-27-23-33-14-7-8-17-36(33)50(41)54(43(37)29-31)44(38)30-35/h1-27,29-30H,28H2. The maximum atomic E-state index is 6.37. The Morgan fingerprint density at radius 1 is 0.455 bits per heavy atom. The van der Waals surface area contributed by atoms with Crippen molar-refractivity contribution in [3.8, 4) is 50.7 Å². The molecule has 256 valence electrons. The van der Waals surface area contributed by atoms with Crippen molar-refractivity contribution in [3.63, 3.8) is 0 Å². The van der Waals surface area contributed by atoms with Gasteiger partial charge in [-0.15, -0.1) is 0 Å². The van der Waals surface area contributed by atoms with E-state index < -0.39 is 0 Å². The molecule has 0 spiro atoms. The molecule has 8 aromatic carbocycles. The molecule has 0 fully saturated rings. The third-order valence-corrected chi connectivity index (χ3v) is 11.4. The van der Waals surface area contributed by atoms with E-state index in [0.717, 1.165) is 61.3 Å². The van der Waals surface area contributed by atoms with E-state index in [1.807, 2.05) is 24.3 Å². The summed E-state index contributed by atoms with van der Waals surface area (Å²) in [5.41, 5.74) is 14.8. The molecule has 55 heavy (non-hydrogen) atoms. The quantitative estimate of drug-likeness (QED) is 0.184. The SMILES string of the molecule is c1ccc(-c2ccc3c4ccc5cc4n(c3c2)-c2c(ccc3ccccc23)-c2nc(-c3cccc4oc6ccccc6c34)nc(-c3ccccc3)c2C5)cc1. The highest BCUT2D eigenvalue weighted by Crippen LogP contribution is 2.46. The van der Waals surface area contributed by atoms with Gasteiger partial charge in [0, 0.05) is 55.6 Å². The van der Waals surface area contributed by atoms with Crippen molar-refractivity contribution in [2.24, 2.45) is 0 Å².